The van der Waals surface area contributed by atoms with Gasteiger partial charge in [-0.15, -0.1) is 0 Å². The van der Waals surface area contributed by atoms with E-state index in [1.165, 1.54) is 11.3 Å². The molecule has 1 atom stereocenters. The van der Waals surface area contributed by atoms with E-state index >= 15 is 0 Å². The molecule has 2 heterocycles. The van der Waals surface area contributed by atoms with Gasteiger partial charge in [-0.3, -0.25) is 9.36 Å². The van der Waals surface area contributed by atoms with Crippen molar-refractivity contribution in [1.82, 2.24) is 4.57 Å². The summed E-state index contributed by atoms with van der Waals surface area (Å²) in [5, 5.41) is 0. The van der Waals surface area contributed by atoms with E-state index in [0.29, 0.717) is 45.3 Å². The fourth-order valence-corrected chi connectivity index (χ4v) is 8.35. The van der Waals surface area contributed by atoms with Crippen molar-refractivity contribution in [2.75, 3.05) is 13.2 Å². The molecule has 1 aliphatic heterocycles. The molecule has 0 unspecified atom stereocenters. The number of hydrogen-bond donors (Lipinski definition) is 0. The average molecular weight is 900 g/mol. The largest absolute Gasteiger partial charge is 0.494 e. The molecule has 1 aliphatic rings. The molecule has 0 N–H and O–H groups in total. The van der Waals surface area contributed by atoms with Gasteiger partial charge in [0.25, 0.3) is 5.56 Å². The summed E-state index contributed by atoms with van der Waals surface area (Å²) in [6, 6.07) is 28.0. The van der Waals surface area contributed by atoms with Crippen LogP contribution in [0.25, 0.3) is 11.8 Å². The summed E-state index contributed by atoms with van der Waals surface area (Å²) in [7, 11) is 0. The number of thiazole rings is 1. The maximum atomic E-state index is 14.5. The van der Waals surface area contributed by atoms with Gasteiger partial charge < -0.3 is 14.2 Å². The van der Waals surface area contributed by atoms with E-state index in [4.69, 9.17) is 19.2 Å². The lowest BCUT2D eigenvalue weighted by Gasteiger charge is -2.26. The minimum absolute atomic E-state index is 0.176. The van der Waals surface area contributed by atoms with E-state index in [1.807, 2.05) is 104 Å². The first kappa shape index (κ1) is 34.3. The molecule has 0 saturated carbocycles. The topological polar surface area (TPSA) is 79.1 Å². The van der Waals surface area contributed by atoms with Crippen LogP contribution in [0.15, 0.2) is 115 Å². The van der Waals surface area contributed by atoms with Gasteiger partial charge >= 0.3 is 5.97 Å². The highest BCUT2D eigenvalue weighted by atomic mass is 127. The third-order valence-corrected chi connectivity index (χ3v) is 10.3. The maximum Gasteiger partial charge on any atom is 0.338 e. The summed E-state index contributed by atoms with van der Waals surface area (Å²) in [4.78, 5) is 33.7. The molecule has 0 aliphatic carbocycles. The third kappa shape index (κ3) is 7.39. The van der Waals surface area contributed by atoms with Crippen LogP contribution in [0.5, 0.6) is 11.5 Å². The van der Waals surface area contributed by atoms with Crippen LogP contribution in [-0.2, 0) is 16.1 Å². The molecule has 11 heteroatoms. The van der Waals surface area contributed by atoms with Crippen LogP contribution in [0.1, 0.15) is 42.1 Å². The van der Waals surface area contributed by atoms with Gasteiger partial charge in [0.05, 0.1) is 38.6 Å². The van der Waals surface area contributed by atoms with Crippen molar-refractivity contribution in [1.29, 1.82) is 0 Å². The molecule has 7 nitrogen and oxygen atoms in total. The molecule has 4 aromatic carbocycles. The van der Waals surface area contributed by atoms with Gasteiger partial charge in [0.2, 0.25) is 0 Å². The van der Waals surface area contributed by atoms with Gasteiger partial charge in [0, 0.05) is 20.1 Å². The molecule has 0 amide bonds. The van der Waals surface area contributed by atoms with Gasteiger partial charge in [0.1, 0.15) is 18.1 Å². The van der Waals surface area contributed by atoms with Crippen molar-refractivity contribution in [3.8, 4) is 11.5 Å². The predicted molar refractivity (Wildman–Crippen MR) is 204 cm³/mol. The number of rotatable bonds is 10. The number of carbonyl (C=O) groups is 1. The molecule has 48 heavy (non-hydrogen) atoms. The number of aromatic nitrogens is 1. The molecule has 1 aromatic heterocycles. The fourth-order valence-electron chi connectivity index (χ4n) is 5.39. The van der Waals surface area contributed by atoms with E-state index in [9.17, 15) is 9.59 Å². The Hall–Kier alpha value is -3.52. The molecule has 5 aromatic rings. The Morgan fingerprint density at radius 2 is 1.67 bits per heavy atom. The molecule has 0 bridgehead atoms. The second kappa shape index (κ2) is 15.4. The van der Waals surface area contributed by atoms with E-state index in [-0.39, 0.29) is 12.2 Å². The lowest BCUT2D eigenvalue weighted by Crippen LogP contribution is -2.40. The van der Waals surface area contributed by atoms with Crippen LogP contribution in [0, 0.1) is 3.57 Å². The van der Waals surface area contributed by atoms with Crippen molar-refractivity contribution in [2.45, 2.75) is 26.5 Å². The lowest BCUT2D eigenvalue weighted by molar-refractivity contribution is -0.138. The first-order valence-corrected chi connectivity index (χ1v) is 18.6. The van der Waals surface area contributed by atoms with Crippen LogP contribution in [0.4, 0.5) is 0 Å². The summed E-state index contributed by atoms with van der Waals surface area (Å²) < 4.78 is 22.4. The number of fused-ring (bicyclic) bond motifs is 1. The summed E-state index contributed by atoms with van der Waals surface area (Å²) in [5.74, 6) is 0.824. The molecule has 0 saturated heterocycles. The SMILES string of the molecule is CCOC(=O)C1=C(c2ccccc2)N=c2s/c(=C\c3cc(Br)cc(I)c3OCc3ccc(Br)cc3)c(=O)n2[C@H]1c1ccc(OCC)cc1. The smallest absolute Gasteiger partial charge is 0.338 e. The van der Waals surface area contributed by atoms with Gasteiger partial charge in [-0.2, -0.15) is 0 Å². The number of nitrogens with zero attached hydrogens (tertiary/aromatic N) is 2. The van der Waals surface area contributed by atoms with Crippen molar-refractivity contribution in [2.24, 2.45) is 4.99 Å². The van der Waals surface area contributed by atoms with Crippen LogP contribution in [0.3, 0.4) is 0 Å². The van der Waals surface area contributed by atoms with Crippen molar-refractivity contribution in [3.05, 3.63) is 151 Å². The van der Waals surface area contributed by atoms with Gasteiger partial charge in [-0.05, 0) is 90.0 Å². The third-order valence-electron chi connectivity index (χ3n) is 7.50. The van der Waals surface area contributed by atoms with Crippen LogP contribution >= 0.6 is 65.8 Å². The number of halogens is 3. The molecular formula is C37H29Br2IN2O5S. The highest BCUT2D eigenvalue weighted by Gasteiger charge is 2.35. The zero-order chi connectivity index (χ0) is 33.8. The lowest BCUT2D eigenvalue weighted by atomic mass is 9.93. The highest BCUT2D eigenvalue weighted by Crippen LogP contribution is 2.36. The minimum atomic E-state index is -0.788. The zero-order valence-corrected chi connectivity index (χ0v) is 32.1. The number of benzene rings is 4. The van der Waals surface area contributed by atoms with Crippen LogP contribution in [0.2, 0.25) is 0 Å². The van der Waals surface area contributed by atoms with Gasteiger partial charge in [-0.25, -0.2) is 9.79 Å². The standard InChI is InChI=1S/C37H29Br2IN2O5S/c1-3-45-28-16-12-24(13-17-28)33-31(36(44)46-4-2)32(23-8-6-5-7-9-23)41-37-42(33)35(43)30(48-37)19-25-18-27(39)20-29(40)34(25)47-21-22-10-14-26(38)15-11-22/h5-20,33H,3-4,21H2,1-2H3/b30-19-/t33-/m0/s1. The zero-order valence-electron chi connectivity index (χ0n) is 25.9. The Kier molecular flexibility index (Phi) is 11.0. The second-order valence-corrected chi connectivity index (χ2v) is 14.7. The summed E-state index contributed by atoms with van der Waals surface area (Å²) >= 11 is 10.6. The molecular weight excluding hydrogens is 871 g/mol. The van der Waals surface area contributed by atoms with E-state index < -0.39 is 12.0 Å². The van der Waals surface area contributed by atoms with Gasteiger partial charge in [-0.1, -0.05) is 97.8 Å². The number of ether oxygens (including phenoxy) is 3. The molecule has 244 valence electrons. The Morgan fingerprint density at radius 3 is 2.35 bits per heavy atom. The summed E-state index contributed by atoms with van der Waals surface area (Å²) in [5.41, 5.74) is 3.71. The summed E-state index contributed by atoms with van der Waals surface area (Å²) in [6.07, 6.45) is 1.83. The van der Waals surface area contributed by atoms with Crippen molar-refractivity contribution in [3.63, 3.8) is 0 Å². The second-order valence-electron chi connectivity index (χ2n) is 10.7. The molecule has 0 fully saturated rings. The Labute approximate surface area is 312 Å². The van der Waals surface area contributed by atoms with Crippen LogP contribution < -0.4 is 24.4 Å². The van der Waals surface area contributed by atoms with E-state index in [0.717, 1.165) is 34.8 Å². The first-order chi connectivity index (χ1) is 23.3. The predicted octanol–water partition coefficient (Wildman–Crippen LogP) is 8.04. The average Bonchev–Trinajstić information content (AvgIpc) is 3.39. The fraction of sp³-hybridized carbons (Fsp3) is 0.162. The minimum Gasteiger partial charge on any atom is -0.494 e. The summed E-state index contributed by atoms with van der Waals surface area (Å²) in [6.45, 7) is 4.73. The van der Waals surface area contributed by atoms with Crippen LogP contribution in [-0.4, -0.2) is 23.8 Å². The molecule has 0 spiro atoms. The first-order valence-electron chi connectivity index (χ1n) is 15.1. The van der Waals surface area contributed by atoms with Crippen molar-refractivity contribution >= 4 is 83.5 Å². The Balaban J connectivity index is 1.55. The molecule has 0 radical (unpaired) electrons. The van der Waals surface area contributed by atoms with Gasteiger partial charge in [0.15, 0.2) is 4.80 Å². The Morgan fingerprint density at radius 1 is 0.938 bits per heavy atom. The van der Waals surface area contributed by atoms with E-state index in [2.05, 4.69) is 54.5 Å². The normalized spacial score (nSPS) is 14.4. The number of hydrogen-bond acceptors (Lipinski definition) is 7. The number of carbonyl (C=O) groups excluding carboxylic acids is 1. The monoisotopic (exact) mass is 898 g/mol. The molecule has 6 rings (SSSR count). The quantitative estimate of drug-likeness (QED) is 0.105. The number of esters is 1. The van der Waals surface area contributed by atoms with Crippen molar-refractivity contribution < 1.29 is 19.0 Å². The van der Waals surface area contributed by atoms with E-state index in [1.54, 1.807) is 11.5 Å². The Bertz CT molecular complexity index is 2180. The maximum absolute atomic E-state index is 14.5. The highest BCUT2D eigenvalue weighted by molar-refractivity contribution is 14.1.